The van der Waals surface area contributed by atoms with E-state index in [4.69, 9.17) is 0 Å². The number of carbonyl (C=O) groups is 1. The molecule has 25 heavy (non-hydrogen) atoms. The molecule has 1 heterocycles. The SMILES string of the molecule is Cn1cncc1CCC(=O)N[C@@H](CC1CCCCC1)c1ccccc1. The molecule has 0 aliphatic heterocycles. The Kier molecular flexibility index (Phi) is 6.26. The number of amides is 1. The summed E-state index contributed by atoms with van der Waals surface area (Å²) >= 11 is 0. The van der Waals surface area contributed by atoms with Gasteiger partial charge in [0.2, 0.25) is 5.91 Å². The van der Waals surface area contributed by atoms with Gasteiger partial charge < -0.3 is 9.88 Å². The molecule has 1 aliphatic carbocycles. The average molecular weight is 339 g/mol. The van der Waals surface area contributed by atoms with Gasteiger partial charge in [0, 0.05) is 25.4 Å². The maximum absolute atomic E-state index is 12.5. The van der Waals surface area contributed by atoms with E-state index in [0.29, 0.717) is 6.42 Å². The molecule has 2 aromatic rings. The van der Waals surface area contributed by atoms with Crippen molar-refractivity contribution in [1.29, 1.82) is 0 Å². The van der Waals surface area contributed by atoms with E-state index < -0.39 is 0 Å². The molecule has 0 spiro atoms. The summed E-state index contributed by atoms with van der Waals surface area (Å²) in [6.45, 7) is 0. The molecule has 1 fully saturated rings. The van der Waals surface area contributed by atoms with Crippen LogP contribution in [0.3, 0.4) is 0 Å². The predicted molar refractivity (Wildman–Crippen MR) is 100 cm³/mol. The van der Waals surface area contributed by atoms with Crippen LogP contribution in [0, 0.1) is 5.92 Å². The monoisotopic (exact) mass is 339 g/mol. The van der Waals surface area contributed by atoms with Crippen LogP contribution in [0.25, 0.3) is 0 Å². The number of hydrogen-bond acceptors (Lipinski definition) is 2. The van der Waals surface area contributed by atoms with E-state index in [1.165, 1.54) is 37.7 Å². The Balaban J connectivity index is 1.60. The third kappa shape index (κ3) is 5.18. The van der Waals surface area contributed by atoms with Gasteiger partial charge in [-0.15, -0.1) is 0 Å². The molecule has 3 rings (SSSR count). The van der Waals surface area contributed by atoms with Crippen molar-refractivity contribution in [2.75, 3.05) is 0 Å². The number of imidazole rings is 1. The van der Waals surface area contributed by atoms with Gasteiger partial charge >= 0.3 is 0 Å². The van der Waals surface area contributed by atoms with E-state index in [0.717, 1.165) is 24.5 Å². The lowest BCUT2D eigenvalue weighted by molar-refractivity contribution is -0.122. The van der Waals surface area contributed by atoms with Crippen LogP contribution in [0.15, 0.2) is 42.9 Å². The van der Waals surface area contributed by atoms with E-state index >= 15 is 0 Å². The minimum absolute atomic E-state index is 0.128. The summed E-state index contributed by atoms with van der Waals surface area (Å²) in [6, 6.07) is 10.5. The fourth-order valence-corrected chi connectivity index (χ4v) is 3.85. The van der Waals surface area contributed by atoms with E-state index in [1.54, 1.807) is 6.33 Å². The van der Waals surface area contributed by atoms with Crippen molar-refractivity contribution in [3.63, 3.8) is 0 Å². The molecule has 1 amide bonds. The van der Waals surface area contributed by atoms with Gasteiger partial charge in [0.1, 0.15) is 0 Å². The molecule has 1 aliphatic rings. The van der Waals surface area contributed by atoms with E-state index in [-0.39, 0.29) is 11.9 Å². The summed E-state index contributed by atoms with van der Waals surface area (Å²) in [7, 11) is 1.97. The first-order chi connectivity index (χ1) is 12.2. The van der Waals surface area contributed by atoms with Gasteiger partial charge in [0.25, 0.3) is 0 Å². The Hall–Kier alpha value is -2.10. The van der Waals surface area contributed by atoms with Crippen LogP contribution in [0.4, 0.5) is 0 Å². The quantitative estimate of drug-likeness (QED) is 0.822. The summed E-state index contributed by atoms with van der Waals surface area (Å²) in [4.78, 5) is 16.7. The Morgan fingerprint density at radius 3 is 2.68 bits per heavy atom. The zero-order chi connectivity index (χ0) is 17.5. The highest BCUT2D eigenvalue weighted by Crippen LogP contribution is 2.32. The highest BCUT2D eigenvalue weighted by atomic mass is 16.1. The summed E-state index contributed by atoms with van der Waals surface area (Å²) in [5.74, 6) is 0.863. The van der Waals surface area contributed by atoms with Gasteiger partial charge in [-0.1, -0.05) is 62.4 Å². The number of benzene rings is 1. The van der Waals surface area contributed by atoms with Crippen molar-refractivity contribution in [1.82, 2.24) is 14.9 Å². The molecule has 0 saturated heterocycles. The number of aryl methyl sites for hydroxylation is 2. The number of aromatic nitrogens is 2. The molecule has 1 N–H and O–H groups in total. The minimum atomic E-state index is 0.128. The molecule has 4 nitrogen and oxygen atoms in total. The average Bonchev–Trinajstić information content (AvgIpc) is 3.06. The van der Waals surface area contributed by atoms with Gasteiger partial charge in [-0.25, -0.2) is 4.98 Å². The molecular formula is C21H29N3O. The third-order valence-electron chi connectivity index (χ3n) is 5.36. The Morgan fingerprint density at radius 1 is 1.24 bits per heavy atom. The molecule has 134 valence electrons. The van der Waals surface area contributed by atoms with Gasteiger partial charge in [0.05, 0.1) is 12.4 Å². The second-order valence-corrected chi connectivity index (χ2v) is 7.27. The van der Waals surface area contributed by atoms with Gasteiger partial charge in [-0.3, -0.25) is 4.79 Å². The molecule has 1 aromatic heterocycles. The van der Waals surface area contributed by atoms with Crippen LogP contribution in [0.5, 0.6) is 0 Å². The third-order valence-corrected chi connectivity index (χ3v) is 5.36. The maximum Gasteiger partial charge on any atom is 0.220 e. The first-order valence-corrected chi connectivity index (χ1v) is 9.52. The number of nitrogens with one attached hydrogen (secondary N) is 1. The molecule has 1 atom stereocenters. The molecule has 0 radical (unpaired) electrons. The van der Waals surface area contributed by atoms with Crippen LogP contribution in [-0.2, 0) is 18.3 Å². The highest BCUT2D eigenvalue weighted by molar-refractivity contribution is 5.76. The van der Waals surface area contributed by atoms with Crippen LogP contribution >= 0.6 is 0 Å². The van der Waals surface area contributed by atoms with Crippen molar-refractivity contribution < 1.29 is 4.79 Å². The standard InChI is InChI=1S/C21H29N3O/c1-24-16-22-15-19(24)12-13-21(25)23-20(18-10-6-3-7-11-18)14-17-8-4-2-5-9-17/h3,6-7,10-11,15-17,20H,2,4-5,8-9,12-14H2,1H3,(H,23,25)/t20-/m0/s1. The molecule has 4 heteroatoms. The Bertz CT molecular complexity index is 659. The minimum Gasteiger partial charge on any atom is -0.349 e. The molecular weight excluding hydrogens is 310 g/mol. The maximum atomic E-state index is 12.5. The van der Waals surface area contributed by atoms with E-state index in [9.17, 15) is 4.79 Å². The molecule has 1 saturated carbocycles. The fourth-order valence-electron chi connectivity index (χ4n) is 3.85. The van der Waals surface area contributed by atoms with Gasteiger partial charge in [0.15, 0.2) is 0 Å². The highest BCUT2D eigenvalue weighted by Gasteiger charge is 2.21. The van der Waals surface area contributed by atoms with Crippen molar-refractivity contribution in [3.8, 4) is 0 Å². The molecule has 1 aromatic carbocycles. The van der Waals surface area contributed by atoms with Crippen LogP contribution in [-0.4, -0.2) is 15.5 Å². The molecule has 0 bridgehead atoms. The topological polar surface area (TPSA) is 46.9 Å². The van der Waals surface area contributed by atoms with Gasteiger partial charge in [-0.2, -0.15) is 0 Å². The lowest BCUT2D eigenvalue weighted by Gasteiger charge is -2.27. The van der Waals surface area contributed by atoms with E-state index in [1.807, 2.05) is 23.9 Å². The Labute approximate surface area is 150 Å². The number of hydrogen-bond donors (Lipinski definition) is 1. The second kappa shape index (κ2) is 8.84. The number of carbonyl (C=O) groups excluding carboxylic acids is 1. The van der Waals surface area contributed by atoms with Crippen LogP contribution in [0.2, 0.25) is 0 Å². The lowest BCUT2D eigenvalue weighted by atomic mass is 9.83. The zero-order valence-corrected chi connectivity index (χ0v) is 15.2. The first-order valence-electron chi connectivity index (χ1n) is 9.52. The zero-order valence-electron chi connectivity index (χ0n) is 15.2. The number of rotatable bonds is 7. The van der Waals surface area contributed by atoms with Crippen LogP contribution < -0.4 is 5.32 Å². The second-order valence-electron chi connectivity index (χ2n) is 7.27. The summed E-state index contributed by atoms with van der Waals surface area (Å²) in [5, 5.41) is 3.29. The normalized spacial score (nSPS) is 16.5. The van der Waals surface area contributed by atoms with Crippen molar-refractivity contribution in [2.24, 2.45) is 13.0 Å². The smallest absolute Gasteiger partial charge is 0.220 e. The largest absolute Gasteiger partial charge is 0.349 e. The summed E-state index contributed by atoms with van der Waals surface area (Å²) in [5.41, 5.74) is 2.32. The van der Waals surface area contributed by atoms with Crippen molar-refractivity contribution in [3.05, 3.63) is 54.1 Å². The van der Waals surface area contributed by atoms with Gasteiger partial charge in [-0.05, 0) is 24.3 Å². The first kappa shape index (κ1) is 17.7. The van der Waals surface area contributed by atoms with Crippen LogP contribution in [0.1, 0.15) is 62.2 Å². The fraction of sp³-hybridized carbons (Fsp3) is 0.524. The molecule has 0 unspecified atom stereocenters. The van der Waals surface area contributed by atoms with E-state index in [2.05, 4.69) is 34.6 Å². The summed E-state index contributed by atoms with van der Waals surface area (Å²) < 4.78 is 1.98. The number of nitrogens with zero attached hydrogens (tertiary/aromatic N) is 2. The predicted octanol–water partition coefficient (Wildman–Crippen LogP) is 4.18. The summed E-state index contributed by atoms with van der Waals surface area (Å²) in [6.07, 6.45) is 12.5. The van der Waals surface area contributed by atoms with Crippen molar-refractivity contribution >= 4 is 5.91 Å². The lowest BCUT2D eigenvalue weighted by Crippen LogP contribution is -2.30. The Morgan fingerprint density at radius 2 is 2.00 bits per heavy atom. The van der Waals surface area contributed by atoms with Crippen molar-refractivity contribution in [2.45, 2.75) is 57.4 Å².